The maximum absolute atomic E-state index is 13.0. The van der Waals surface area contributed by atoms with Crippen LogP contribution in [0.15, 0.2) is 115 Å². The number of unbranched alkanes of at least 4 members (excludes halogenated alkanes) is 6. The number of hydrogen-bond donors (Lipinski definition) is 4. The molecule has 89 heavy (non-hydrogen) atoms. The Hall–Kier alpha value is -8.34. The molecule has 1 aromatic heterocycles. The Labute approximate surface area is 528 Å². The third-order valence-corrected chi connectivity index (χ3v) is 15.7. The Balaban J connectivity index is 0.000000414. The van der Waals surface area contributed by atoms with Crippen molar-refractivity contribution in [3.63, 3.8) is 0 Å². The van der Waals surface area contributed by atoms with Crippen molar-refractivity contribution in [2.24, 2.45) is 17.8 Å². The summed E-state index contributed by atoms with van der Waals surface area (Å²) in [5.41, 5.74) is 4.78. The second kappa shape index (κ2) is 39.5. The summed E-state index contributed by atoms with van der Waals surface area (Å²) in [4.78, 5) is 80.0. The number of carbonyl (C=O) groups excluding carboxylic acids is 5. The molecule has 0 aliphatic rings. The molecule has 17 nitrogen and oxygen atoms in total. The van der Waals surface area contributed by atoms with Crippen LogP contribution in [0.4, 0.5) is 40.6 Å². The highest BCUT2D eigenvalue weighted by Gasteiger charge is 2.23. The van der Waals surface area contributed by atoms with Crippen molar-refractivity contribution in [2.75, 3.05) is 60.4 Å². The van der Waals surface area contributed by atoms with E-state index in [2.05, 4.69) is 84.3 Å². The first-order valence-electron chi connectivity index (χ1n) is 32.5. The number of ether oxygens (including phenoxy) is 4. The van der Waals surface area contributed by atoms with Gasteiger partial charge in [0.2, 0.25) is 17.8 Å². The Kier molecular flexibility index (Phi) is 31.7. The molecule has 0 saturated heterocycles. The van der Waals surface area contributed by atoms with E-state index in [-0.39, 0.29) is 58.2 Å². The van der Waals surface area contributed by atoms with Crippen LogP contribution in [0.25, 0.3) is 0 Å². The summed E-state index contributed by atoms with van der Waals surface area (Å²) < 4.78 is 22.3. The van der Waals surface area contributed by atoms with Gasteiger partial charge in [0.15, 0.2) is 5.78 Å². The molecule has 0 fully saturated rings. The first-order valence-corrected chi connectivity index (χ1v) is 32.5. The molecule has 4 N–H and O–H groups in total. The summed E-state index contributed by atoms with van der Waals surface area (Å²) in [6.45, 7) is 22.2. The fourth-order valence-corrected chi connectivity index (χ4v) is 9.80. The van der Waals surface area contributed by atoms with Crippen molar-refractivity contribution in [3.8, 4) is 5.75 Å². The summed E-state index contributed by atoms with van der Waals surface area (Å²) in [5.74, 6) is -0.327. The van der Waals surface area contributed by atoms with E-state index in [4.69, 9.17) is 18.9 Å². The molecule has 0 saturated carbocycles. The van der Waals surface area contributed by atoms with Gasteiger partial charge in [-0.05, 0) is 148 Å². The molecule has 1 heterocycles. The third kappa shape index (κ3) is 23.9. The fourth-order valence-electron chi connectivity index (χ4n) is 9.80. The lowest BCUT2D eigenvalue weighted by Crippen LogP contribution is -2.21. The highest BCUT2D eigenvalue weighted by molar-refractivity contribution is 6.15. The quantitative estimate of drug-likeness (QED) is 0.0122. The Morgan fingerprint density at radius 3 is 1.16 bits per heavy atom. The zero-order chi connectivity index (χ0) is 64.3. The lowest BCUT2D eigenvalue weighted by atomic mass is 9.97. The molecule has 0 radical (unpaired) electrons. The van der Waals surface area contributed by atoms with Crippen molar-refractivity contribution >= 4 is 70.3 Å². The van der Waals surface area contributed by atoms with Crippen LogP contribution in [0.5, 0.6) is 5.75 Å². The number of ketones is 1. The minimum absolute atomic E-state index is 0.0952. The Morgan fingerprint density at radius 2 is 0.809 bits per heavy atom. The largest absolute Gasteiger partial charge is 0.507 e. The predicted octanol–water partition coefficient (Wildman–Crippen LogP) is 17.4. The normalized spacial score (nSPS) is 11.9. The zero-order valence-electron chi connectivity index (χ0n) is 54.2. The number of aromatic nitrogens is 3. The van der Waals surface area contributed by atoms with E-state index in [0.717, 1.165) is 122 Å². The van der Waals surface area contributed by atoms with Crippen LogP contribution < -0.4 is 20.9 Å². The highest BCUT2D eigenvalue weighted by Crippen LogP contribution is 2.29. The van der Waals surface area contributed by atoms with Gasteiger partial charge >= 0.3 is 23.9 Å². The van der Waals surface area contributed by atoms with Gasteiger partial charge in [-0.3, -0.25) is 4.79 Å². The summed E-state index contributed by atoms with van der Waals surface area (Å²) >= 11 is 0. The van der Waals surface area contributed by atoms with Crippen molar-refractivity contribution < 1.29 is 48.0 Å². The number of anilines is 7. The lowest BCUT2D eigenvalue weighted by molar-refractivity contribution is 0.0419. The lowest BCUT2D eigenvalue weighted by Gasteiger charge is -2.21. The predicted molar refractivity (Wildman–Crippen MR) is 356 cm³/mol. The van der Waals surface area contributed by atoms with Crippen molar-refractivity contribution in [1.29, 1.82) is 0 Å². The molecule has 0 amide bonds. The molecular formula is C72H97N7O10. The summed E-state index contributed by atoms with van der Waals surface area (Å²) in [7, 11) is 0. The molecule has 3 unspecified atom stereocenters. The van der Waals surface area contributed by atoms with Crippen molar-refractivity contribution in [1.82, 2.24) is 15.0 Å². The van der Waals surface area contributed by atoms with Crippen LogP contribution >= 0.6 is 0 Å². The number of nitrogens with zero attached hydrogens (tertiary/aromatic N) is 4. The second-order valence-corrected chi connectivity index (χ2v) is 22.4. The Bertz CT molecular complexity index is 2870. The third-order valence-electron chi connectivity index (χ3n) is 15.7. The van der Waals surface area contributed by atoms with Crippen molar-refractivity contribution in [3.05, 3.63) is 149 Å². The molecule has 5 aromatic carbocycles. The molecule has 0 aliphatic carbocycles. The van der Waals surface area contributed by atoms with Crippen LogP contribution in [0.2, 0.25) is 0 Å². The van der Waals surface area contributed by atoms with Crippen LogP contribution in [0.1, 0.15) is 222 Å². The summed E-state index contributed by atoms with van der Waals surface area (Å²) in [6, 6.07) is 32.4. The van der Waals surface area contributed by atoms with E-state index in [9.17, 15) is 29.1 Å². The number of benzene rings is 5. The molecule has 480 valence electrons. The molecule has 17 heteroatoms. The fraction of sp³-hybridized carbons (Fsp3) is 0.472. The maximum atomic E-state index is 13.0. The first kappa shape index (κ1) is 71.4. The van der Waals surface area contributed by atoms with Gasteiger partial charge in [0, 0.05) is 47.5 Å². The van der Waals surface area contributed by atoms with Crippen LogP contribution in [-0.2, 0) is 18.9 Å². The SMILES string of the molecule is CCCCC(CC)COC(=O)c1ccc(Nc2nc(Nc3ccc(C(=O)OCC(CC)CCCC)cc3)nc(Nc3ccc(C(=O)OCC(CC)CCCC)cc3)n2)cc1.CCCCCCOC(=O)c1ccccc1C(=O)c1ccc(N(CC)CC)cc1O. The van der Waals surface area contributed by atoms with E-state index < -0.39 is 11.8 Å². The number of rotatable bonds is 38. The van der Waals surface area contributed by atoms with Gasteiger partial charge in [0.1, 0.15) is 5.75 Å². The van der Waals surface area contributed by atoms with Gasteiger partial charge < -0.3 is 44.9 Å². The minimum Gasteiger partial charge on any atom is -0.507 e. The zero-order valence-corrected chi connectivity index (χ0v) is 54.2. The average molecular weight is 1220 g/mol. The number of phenols is 1. The van der Waals surface area contributed by atoms with E-state index in [1.54, 1.807) is 109 Å². The molecule has 6 rings (SSSR count). The standard InChI is InChI=1S/C48H66N6O6.C24H31NO4/c1-7-13-16-34(10-4)31-58-43(55)37-19-25-40(26-20-37)49-46-52-47(50-41-27-21-38(22-28-41)44(56)59-32-35(11-5)17-14-8-2)54-48(53-46)51-42-29-23-39(24-30-42)45(57)60-33-36(12-6)18-15-9-3;1-4-7-8-11-16-29-24(28)20-13-10-9-12-19(20)23(27)21-15-14-18(17-22(21)26)25(5-2)6-3/h19-30,34-36H,7-18,31-33H2,1-6H3,(H3,49,50,51,52,53,54);9-10,12-15,17,26H,4-8,11,16H2,1-3H3. The van der Waals surface area contributed by atoms with Gasteiger partial charge in [0.05, 0.1) is 54.2 Å². The topological polar surface area (TPSA) is 220 Å². The number of hydrogen-bond acceptors (Lipinski definition) is 17. The van der Waals surface area contributed by atoms with Crippen LogP contribution in [0.3, 0.4) is 0 Å². The molecular weight excluding hydrogens is 1120 g/mol. The van der Waals surface area contributed by atoms with Crippen LogP contribution in [-0.4, -0.2) is 89.2 Å². The number of carbonyl (C=O) groups is 5. The highest BCUT2D eigenvalue weighted by atomic mass is 16.5. The molecule has 0 bridgehead atoms. The first-order chi connectivity index (χ1) is 43.2. The van der Waals surface area contributed by atoms with Gasteiger partial charge in [-0.2, -0.15) is 15.0 Å². The average Bonchev–Trinajstić information content (AvgIpc) is 3.17. The van der Waals surface area contributed by atoms with Gasteiger partial charge in [-0.25, -0.2) is 19.2 Å². The molecule has 6 aromatic rings. The van der Waals surface area contributed by atoms with Gasteiger partial charge in [-0.15, -0.1) is 0 Å². The van der Waals surface area contributed by atoms with E-state index in [1.165, 1.54) is 0 Å². The van der Waals surface area contributed by atoms with Crippen molar-refractivity contribution in [2.45, 2.75) is 165 Å². The van der Waals surface area contributed by atoms with E-state index in [0.29, 0.717) is 77.9 Å². The molecule has 3 atom stereocenters. The number of nitrogens with one attached hydrogen (secondary N) is 3. The summed E-state index contributed by atoms with van der Waals surface area (Å²) in [5, 5.41) is 20.1. The monoisotopic (exact) mass is 1220 g/mol. The number of phenolic OH excluding ortho intramolecular Hbond substituents is 1. The summed E-state index contributed by atoms with van der Waals surface area (Å²) in [6.07, 6.45) is 16.8. The maximum Gasteiger partial charge on any atom is 0.338 e. The second-order valence-electron chi connectivity index (χ2n) is 22.4. The Morgan fingerprint density at radius 1 is 0.427 bits per heavy atom. The number of esters is 4. The van der Waals surface area contributed by atoms with E-state index in [1.807, 2.05) is 19.9 Å². The van der Waals surface area contributed by atoms with Gasteiger partial charge in [-0.1, -0.05) is 144 Å². The smallest absolute Gasteiger partial charge is 0.338 e. The van der Waals surface area contributed by atoms with Gasteiger partial charge in [0.25, 0.3) is 0 Å². The number of aromatic hydroxyl groups is 1. The van der Waals surface area contributed by atoms with Crippen LogP contribution in [0, 0.1) is 17.8 Å². The van der Waals surface area contributed by atoms with E-state index >= 15 is 0 Å². The minimum atomic E-state index is -0.510. The molecule has 0 aliphatic heterocycles. The molecule has 0 spiro atoms.